The number of fused-ring (bicyclic) bond motifs is 1. The van der Waals surface area contributed by atoms with E-state index < -0.39 is 11.8 Å². The number of benzene rings is 5. The van der Waals surface area contributed by atoms with Gasteiger partial charge in [0.1, 0.15) is 42.0 Å². The number of hydrogen-bond acceptors (Lipinski definition) is 9. The average Bonchev–Trinajstić information content (AvgIpc) is 3.41. The predicted molar refractivity (Wildman–Crippen MR) is 199 cm³/mol. The number of anilines is 1. The molecule has 0 aromatic heterocycles. The van der Waals surface area contributed by atoms with Gasteiger partial charge in [-0.15, -0.1) is 0 Å². The van der Waals surface area contributed by atoms with Crippen LogP contribution in [0.1, 0.15) is 80.3 Å². The summed E-state index contributed by atoms with van der Waals surface area (Å²) in [6.45, 7) is 7.90. The molecule has 5 aromatic rings. The van der Waals surface area contributed by atoms with Crippen LogP contribution in [0.15, 0.2) is 109 Å². The Kier molecular flexibility index (Phi) is 10.7. The number of amides is 2. The molecule has 6 rings (SSSR count). The third kappa shape index (κ3) is 7.98. The molecule has 0 saturated heterocycles. The number of rotatable bonds is 15. The van der Waals surface area contributed by atoms with Crippen LogP contribution in [-0.2, 0) is 10.2 Å². The van der Waals surface area contributed by atoms with Crippen molar-refractivity contribution < 1.29 is 42.9 Å². The Balaban J connectivity index is 1.02. The highest BCUT2D eigenvalue weighted by Crippen LogP contribution is 2.35. The number of ketones is 2. The van der Waals surface area contributed by atoms with Crippen molar-refractivity contribution in [1.82, 2.24) is 0 Å². The van der Waals surface area contributed by atoms with Gasteiger partial charge in [-0.2, -0.15) is 0 Å². The summed E-state index contributed by atoms with van der Waals surface area (Å²) in [6.07, 6.45) is 0. The largest absolute Gasteiger partial charge is 0.490 e. The fraction of sp³-hybridized carbons (Fsp3) is 0.209. The smallest absolute Gasteiger partial charge is 0.266 e. The molecule has 2 amide bonds. The van der Waals surface area contributed by atoms with Gasteiger partial charge in [-0.3, -0.25) is 19.2 Å². The van der Waals surface area contributed by atoms with Crippen molar-refractivity contribution in [2.24, 2.45) is 0 Å². The minimum atomic E-state index is -0.492. The molecular weight excluding hydrogens is 674 g/mol. The maximum absolute atomic E-state index is 13.4. The first kappa shape index (κ1) is 36.5. The second-order valence-electron chi connectivity index (χ2n) is 13.0. The Bertz CT molecular complexity index is 2150. The van der Waals surface area contributed by atoms with Crippen LogP contribution >= 0.6 is 0 Å². The molecule has 0 radical (unpaired) electrons. The van der Waals surface area contributed by atoms with E-state index in [9.17, 15) is 19.2 Å². The van der Waals surface area contributed by atoms with Gasteiger partial charge in [0.2, 0.25) is 0 Å². The summed E-state index contributed by atoms with van der Waals surface area (Å²) in [5.41, 5.74) is 3.44. The van der Waals surface area contributed by atoms with E-state index in [2.05, 4.69) is 38.1 Å². The molecule has 0 fully saturated rings. The van der Waals surface area contributed by atoms with Gasteiger partial charge in [-0.05, 0) is 110 Å². The Morgan fingerprint density at radius 3 is 1.58 bits per heavy atom. The molecule has 10 heteroatoms. The lowest BCUT2D eigenvalue weighted by atomic mass is 9.78. The molecule has 5 aromatic carbocycles. The molecule has 0 spiro atoms. The number of methoxy groups -OCH3 is 1. The SMILES string of the molecule is COCOc1ccc(C(C)(C)c2ccc(OCCOc3ccc(N4C(=O)c5ccc(Oc6ccc(C(C)=O)c(C(C)=O)c6)cc5C4=O)cc3)cc2)cc1. The second-order valence-corrected chi connectivity index (χ2v) is 13.0. The van der Waals surface area contributed by atoms with Crippen molar-refractivity contribution in [3.63, 3.8) is 0 Å². The van der Waals surface area contributed by atoms with Gasteiger partial charge >= 0.3 is 0 Å². The number of imide groups is 1. The maximum Gasteiger partial charge on any atom is 0.266 e. The van der Waals surface area contributed by atoms with Crippen LogP contribution in [0.5, 0.6) is 28.7 Å². The Hall–Kier alpha value is -6.26. The van der Waals surface area contributed by atoms with Gasteiger partial charge in [-0.1, -0.05) is 38.1 Å². The molecule has 0 atom stereocenters. The third-order valence-corrected chi connectivity index (χ3v) is 9.05. The minimum absolute atomic E-state index is 0.191. The van der Waals surface area contributed by atoms with Crippen LogP contribution in [0.2, 0.25) is 0 Å². The monoisotopic (exact) mass is 713 g/mol. The molecule has 0 aliphatic carbocycles. The van der Waals surface area contributed by atoms with Crippen molar-refractivity contribution in [1.29, 1.82) is 0 Å². The van der Waals surface area contributed by atoms with Crippen LogP contribution in [0.4, 0.5) is 5.69 Å². The number of carbonyl (C=O) groups excluding carboxylic acids is 4. The zero-order valence-corrected chi connectivity index (χ0v) is 30.1. The summed E-state index contributed by atoms with van der Waals surface area (Å²) in [4.78, 5) is 51.8. The highest BCUT2D eigenvalue weighted by Gasteiger charge is 2.37. The fourth-order valence-corrected chi connectivity index (χ4v) is 6.08. The summed E-state index contributed by atoms with van der Waals surface area (Å²) < 4.78 is 28.2. The van der Waals surface area contributed by atoms with Gasteiger partial charge in [0.05, 0.1) is 16.8 Å². The Morgan fingerprint density at radius 2 is 1.04 bits per heavy atom. The Morgan fingerprint density at radius 1 is 0.566 bits per heavy atom. The van der Waals surface area contributed by atoms with Crippen molar-refractivity contribution in [3.05, 3.63) is 143 Å². The standard InChI is InChI=1S/C43H39NO9/c1-27(45)37-20-18-35(24-39(37)28(2)46)53-36-19-21-38-40(25-36)42(48)44(41(38)47)31-10-16-33(17-11-31)51-23-22-50-32-12-6-29(7-13-32)43(3,4)30-8-14-34(15-9-30)52-26-49-5/h6-21,24-25H,22-23,26H2,1-5H3. The third-order valence-electron chi connectivity index (χ3n) is 9.05. The lowest BCUT2D eigenvalue weighted by Crippen LogP contribution is -2.29. The number of Topliss-reactive ketones (excluding diaryl/α,β-unsaturated/α-hetero) is 2. The minimum Gasteiger partial charge on any atom is -0.490 e. The van der Waals surface area contributed by atoms with Gasteiger partial charge < -0.3 is 23.7 Å². The summed E-state index contributed by atoms with van der Waals surface area (Å²) in [5.74, 6) is 1.20. The quantitative estimate of drug-likeness (QED) is 0.0456. The highest BCUT2D eigenvalue weighted by atomic mass is 16.7. The summed E-state index contributed by atoms with van der Waals surface area (Å²) in [6, 6.07) is 31.9. The van der Waals surface area contributed by atoms with E-state index in [1.54, 1.807) is 43.5 Å². The van der Waals surface area contributed by atoms with Crippen molar-refractivity contribution in [2.75, 3.05) is 32.0 Å². The molecule has 10 nitrogen and oxygen atoms in total. The topological polar surface area (TPSA) is 118 Å². The van der Waals surface area contributed by atoms with E-state index in [1.807, 2.05) is 24.3 Å². The van der Waals surface area contributed by atoms with Crippen LogP contribution < -0.4 is 23.8 Å². The van der Waals surface area contributed by atoms with Crippen LogP contribution in [0.3, 0.4) is 0 Å². The van der Waals surface area contributed by atoms with Crippen molar-refractivity contribution in [3.8, 4) is 28.7 Å². The van der Waals surface area contributed by atoms with Gasteiger partial charge in [0.25, 0.3) is 11.8 Å². The van der Waals surface area contributed by atoms with Crippen molar-refractivity contribution in [2.45, 2.75) is 33.1 Å². The molecule has 0 unspecified atom stereocenters. The van der Waals surface area contributed by atoms with E-state index in [-0.39, 0.29) is 47.1 Å². The van der Waals surface area contributed by atoms with Gasteiger partial charge in [0.15, 0.2) is 18.4 Å². The molecule has 270 valence electrons. The molecule has 0 N–H and O–H groups in total. The summed E-state index contributed by atoms with van der Waals surface area (Å²) in [5, 5.41) is 0. The number of ether oxygens (including phenoxy) is 5. The van der Waals surface area contributed by atoms with E-state index >= 15 is 0 Å². The average molecular weight is 714 g/mol. The first-order chi connectivity index (χ1) is 25.5. The number of carbonyl (C=O) groups is 4. The fourth-order valence-electron chi connectivity index (χ4n) is 6.08. The van der Waals surface area contributed by atoms with E-state index in [1.165, 1.54) is 38.1 Å². The molecule has 0 bridgehead atoms. The van der Waals surface area contributed by atoms with Crippen LogP contribution in [-0.4, -0.2) is 50.5 Å². The Labute approximate surface area is 307 Å². The normalized spacial score (nSPS) is 12.4. The van der Waals surface area contributed by atoms with Crippen LogP contribution in [0.25, 0.3) is 0 Å². The molecule has 1 aliphatic rings. The van der Waals surface area contributed by atoms with E-state index in [0.29, 0.717) is 35.1 Å². The number of hydrogen-bond donors (Lipinski definition) is 0. The first-order valence-corrected chi connectivity index (χ1v) is 17.0. The molecule has 1 heterocycles. The number of nitrogens with zero attached hydrogens (tertiary/aromatic N) is 1. The first-order valence-electron chi connectivity index (χ1n) is 17.0. The zero-order valence-electron chi connectivity index (χ0n) is 30.1. The lowest BCUT2D eigenvalue weighted by molar-refractivity contribution is 0.0511. The lowest BCUT2D eigenvalue weighted by Gasteiger charge is -2.26. The maximum atomic E-state index is 13.4. The molecular formula is C43H39NO9. The molecule has 1 aliphatic heterocycles. The predicted octanol–water partition coefficient (Wildman–Crippen LogP) is 8.45. The van der Waals surface area contributed by atoms with Crippen molar-refractivity contribution >= 4 is 29.1 Å². The van der Waals surface area contributed by atoms with E-state index in [0.717, 1.165) is 27.5 Å². The second kappa shape index (κ2) is 15.5. The molecule has 53 heavy (non-hydrogen) atoms. The van der Waals surface area contributed by atoms with Gasteiger partial charge in [-0.25, -0.2) is 4.90 Å². The zero-order chi connectivity index (χ0) is 37.7. The summed E-state index contributed by atoms with van der Waals surface area (Å²) >= 11 is 0. The van der Waals surface area contributed by atoms with E-state index in [4.69, 9.17) is 23.7 Å². The van der Waals surface area contributed by atoms with Gasteiger partial charge in [0, 0.05) is 23.7 Å². The van der Waals surface area contributed by atoms with Crippen LogP contribution in [0, 0.1) is 0 Å². The molecule has 0 saturated carbocycles. The highest BCUT2D eigenvalue weighted by molar-refractivity contribution is 6.34. The summed E-state index contributed by atoms with van der Waals surface area (Å²) in [7, 11) is 1.59.